The molecule has 0 aliphatic carbocycles. The second-order valence-electron chi connectivity index (χ2n) is 6.44. The van der Waals surface area contributed by atoms with E-state index >= 15 is 0 Å². The van der Waals surface area contributed by atoms with E-state index in [4.69, 9.17) is 9.97 Å². The van der Waals surface area contributed by atoms with Crippen LogP contribution in [0.5, 0.6) is 0 Å². The van der Waals surface area contributed by atoms with Crippen LogP contribution >= 0.6 is 12.4 Å². The van der Waals surface area contributed by atoms with Gasteiger partial charge in [0.15, 0.2) is 5.82 Å². The lowest BCUT2D eigenvalue weighted by Crippen LogP contribution is -2.42. The first kappa shape index (κ1) is 17.7. The molecular weight excluding hydrogens is 336 g/mol. The van der Waals surface area contributed by atoms with Gasteiger partial charge in [-0.3, -0.25) is 0 Å². The predicted octanol–water partition coefficient (Wildman–Crippen LogP) is 3.66. The molecule has 0 radical (unpaired) electrons. The van der Waals surface area contributed by atoms with Gasteiger partial charge in [-0.2, -0.15) is 0 Å². The Labute approximate surface area is 153 Å². The largest absolute Gasteiger partial charge is 0.394 e. The minimum atomic E-state index is 0. The lowest BCUT2D eigenvalue weighted by molar-refractivity contribution is 0.239. The maximum absolute atomic E-state index is 9.75. The Bertz CT molecular complexity index is 805. The summed E-state index contributed by atoms with van der Waals surface area (Å²) in [6.45, 7) is 3.05. The monoisotopic (exact) mass is 358 g/mol. The minimum absolute atomic E-state index is 0. The van der Waals surface area contributed by atoms with Crippen molar-refractivity contribution in [2.75, 3.05) is 18.1 Å². The van der Waals surface area contributed by atoms with Gasteiger partial charge in [-0.15, -0.1) is 12.4 Å². The number of halogens is 1. The molecule has 4 rings (SSSR count). The zero-order valence-electron chi connectivity index (χ0n) is 14.3. The van der Waals surface area contributed by atoms with E-state index in [1.165, 1.54) is 0 Å². The summed E-state index contributed by atoms with van der Waals surface area (Å²) >= 11 is 0. The summed E-state index contributed by atoms with van der Waals surface area (Å²) in [6, 6.07) is 12.4. The molecule has 1 fully saturated rings. The van der Waals surface area contributed by atoms with Gasteiger partial charge in [0.25, 0.3) is 0 Å². The number of aliphatic hydroxyl groups is 1. The molecule has 1 atom stereocenters. The number of aliphatic hydroxyl groups excluding tert-OH is 1. The van der Waals surface area contributed by atoms with E-state index in [2.05, 4.69) is 28.1 Å². The van der Waals surface area contributed by atoms with Crippen molar-refractivity contribution in [3.05, 3.63) is 42.2 Å². The van der Waals surface area contributed by atoms with Crippen LogP contribution in [0, 0.1) is 6.92 Å². The lowest BCUT2D eigenvalue weighted by atomic mass is 10.0. The van der Waals surface area contributed by atoms with E-state index in [9.17, 15) is 5.11 Å². The Morgan fingerprint density at radius 1 is 1.20 bits per heavy atom. The van der Waals surface area contributed by atoms with Gasteiger partial charge in [-0.1, -0.05) is 30.3 Å². The number of benzene rings is 1. The normalized spacial score (nSPS) is 17.5. The van der Waals surface area contributed by atoms with Gasteiger partial charge < -0.3 is 15.0 Å². The van der Waals surface area contributed by atoms with E-state index in [0.29, 0.717) is 0 Å². The van der Waals surface area contributed by atoms with Gasteiger partial charge in [0.2, 0.25) is 0 Å². The molecule has 1 aromatic carbocycles. The Morgan fingerprint density at radius 2 is 2.00 bits per heavy atom. The van der Waals surface area contributed by atoms with Crippen molar-refractivity contribution < 1.29 is 5.11 Å². The highest BCUT2D eigenvalue weighted by Gasteiger charge is 2.28. The van der Waals surface area contributed by atoms with Crippen molar-refractivity contribution in [1.29, 1.82) is 0 Å². The highest BCUT2D eigenvalue weighted by molar-refractivity contribution is 5.85. The van der Waals surface area contributed by atoms with Gasteiger partial charge in [-0.05, 0) is 32.3 Å². The van der Waals surface area contributed by atoms with Crippen LogP contribution in [0.2, 0.25) is 0 Å². The summed E-state index contributed by atoms with van der Waals surface area (Å²) in [4.78, 5) is 15.1. The van der Waals surface area contributed by atoms with Gasteiger partial charge >= 0.3 is 0 Å². The zero-order chi connectivity index (χ0) is 16.5. The number of rotatable bonds is 3. The Balaban J connectivity index is 0.00000182. The number of piperidine rings is 1. The number of hydrogen-bond acceptors (Lipinski definition) is 4. The maximum atomic E-state index is 9.75. The second-order valence-corrected chi connectivity index (χ2v) is 6.44. The molecule has 25 heavy (non-hydrogen) atoms. The van der Waals surface area contributed by atoms with Crippen LogP contribution in [-0.4, -0.2) is 39.3 Å². The summed E-state index contributed by atoms with van der Waals surface area (Å²) in [7, 11) is 0. The molecule has 0 bridgehead atoms. The number of aromatic amines is 1. The van der Waals surface area contributed by atoms with Crippen LogP contribution < -0.4 is 4.90 Å². The van der Waals surface area contributed by atoms with Gasteiger partial charge in [0.1, 0.15) is 11.5 Å². The SMILES string of the molecule is Cc1nc(N2CCCCC2CO)c2nc(-c3ccccc3)cc-2[nH]1.Cl. The topological polar surface area (TPSA) is 65.0 Å². The zero-order valence-corrected chi connectivity index (χ0v) is 15.1. The summed E-state index contributed by atoms with van der Waals surface area (Å²) in [6.07, 6.45) is 3.29. The Kier molecular flexibility index (Phi) is 5.25. The van der Waals surface area contributed by atoms with E-state index in [-0.39, 0.29) is 25.1 Å². The summed E-state index contributed by atoms with van der Waals surface area (Å²) in [5, 5.41) is 9.75. The molecule has 3 aliphatic heterocycles. The van der Waals surface area contributed by atoms with E-state index in [0.717, 1.165) is 60.1 Å². The standard InChI is InChI=1S/C19H22N4O.ClH/c1-13-20-17-11-16(14-7-3-2-4-8-14)22-18(17)19(21-13)23-10-6-5-9-15(23)12-24;/h2-4,7-8,11,15,24H,5-6,9-10,12H2,1H3,(H,20,21);1H. The van der Waals surface area contributed by atoms with Crippen LogP contribution in [0.1, 0.15) is 25.1 Å². The first-order chi connectivity index (χ1) is 11.8. The molecule has 5 nitrogen and oxygen atoms in total. The molecular formula is C19H23ClN4O. The highest BCUT2D eigenvalue weighted by atomic mass is 35.5. The van der Waals surface area contributed by atoms with Crippen LogP contribution in [0.15, 0.2) is 36.4 Å². The maximum Gasteiger partial charge on any atom is 0.159 e. The van der Waals surface area contributed by atoms with Crippen molar-refractivity contribution in [3.8, 4) is 22.6 Å². The van der Waals surface area contributed by atoms with E-state index in [1.807, 2.05) is 25.1 Å². The fourth-order valence-electron chi connectivity index (χ4n) is 3.54. The summed E-state index contributed by atoms with van der Waals surface area (Å²) in [5.41, 5.74) is 3.94. The third-order valence-electron chi connectivity index (χ3n) is 4.75. The molecule has 2 N–H and O–H groups in total. The molecule has 3 heterocycles. The first-order valence-corrected chi connectivity index (χ1v) is 8.56. The molecule has 3 aliphatic rings. The fourth-order valence-corrected chi connectivity index (χ4v) is 3.54. The van der Waals surface area contributed by atoms with Crippen molar-refractivity contribution in [1.82, 2.24) is 15.0 Å². The molecule has 0 aromatic heterocycles. The number of H-pyrrole nitrogens is 1. The predicted molar refractivity (Wildman–Crippen MR) is 102 cm³/mol. The number of aromatic nitrogens is 3. The van der Waals surface area contributed by atoms with E-state index < -0.39 is 0 Å². The quantitative estimate of drug-likeness (QED) is 0.750. The van der Waals surface area contributed by atoms with Crippen molar-refractivity contribution in [2.24, 2.45) is 0 Å². The van der Waals surface area contributed by atoms with E-state index in [1.54, 1.807) is 0 Å². The second kappa shape index (κ2) is 7.42. The number of hydrogen-bond donors (Lipinski definition) is 2. The number of aryl methyl sites for hydroxylation is 1. The van der Waals surface area contributed by atoms with Gasteiger partial charge in [-0.25, -0.2) is 9.97 Å². The molecule has 1 unspecified atom stereocenters. The van der Waals surface area contributed by atoms with Crippen LogP contribution in [0.3, 0.4) is 0 Å². The van der Waals surface area contributed by atoms with Crippen LogP contribution in [0.25, 0.3) is 22.6 Å². The Morgan fingerprint density at radius 3 is 2.76 bits per heavy atom. The molecule has 1 aromatic rings. The average molecular weight is 359 g/mol. The number of nitrogens with one attached hydrogen (secondary N) is 1. The molecule has 0 spiro atoms. The third-order valence-corrected chi connectivity index (χ3v) is 4.75. The first-order valence-electron chi connectivity index (χ1n) is 8.56. The molecule has 132 valence electrons. The molecule has 0 saturated carbocycles. The number of nitrogens with zero attached hydrogens (tertiary/aromatic N) is 3. The fraction of sp³-hybridized carbons (Fsp3) is 0.368. The highest BCUT2D eigenvalue weighted by Crippen LogP contribution is 2.35. The molecule has 6 heteroatoms. The van der Waals surface area contributed by atoms with Crippen LogP contribution in [0.4, 0.5) is 5.82 Å². The van der Waals surface area contributed by atoms with Crippen molar-refractivity contribution >= 4 is 18.2 Å². The van der Waals surface area contributed by atoms with Gasteiger partial charge in [0.05, 0.1) is 24.0 Å². The number of fused-ring (bicyclic) bond motifs is 1. The molecule has 0 amide bonds. The third kappa shape index (κ3) is 3.34. The minimum Gasteiger partial charge on any atom is -0.394 e. The van der Waals surface area contributed by atoms with Crippen LogP contribution in [-0.2, 0) is 0 Å². The van der Waals surface area contributed by atoms with Crippen molar-refractivity contribution in [3.63, 3.8) is 0 Å². The Hall–Kier alpha value is -2.11. The smallest absolute Gasteiger partial charge is 0.159 e. The summed E-state index contributed by atoms with van der Waals surface area (Å²) in [5.74, 6) is 1.76. The molecule has 1 saturated heterocycles. The average Bonchev–Trinajstić information content (AvgIpc) is 3.05. The lowest BCUT2D eigenvalue weighted by Gasteiger charge is -2.36. The van der Waals surface area contributed by atoms with Gasteiger partial charge in [0, 0.05) is 12.1 Å². The summed E-state index contributed by atoms with van der Waals surface area (Å²) < 4.78 is 0. The number of anilines is 1. The van der Waals surface area contributed by atoms with Crippen molar-refractivity contribution in [2.45, 2.75) is 32.2 Å².